The van der Waals surface area contributed by atoms with Crippen molar-refractivity contribution < 1.29 is 9.59 Å². The van der Waals surface area contributed by atoms with Gasteiger partial charge in [0.25, 0.3) is 5.91 Å². The summed E-state index contributed by atoms with van der Waals surface area (Å²) in [6, 6.07) is 7.20. The van der Waals surface area contributed by atoms with Crippen molar-refractivity contribution in [2.75, 3.05) is 0 Å². The minimum atomic E-state index is -0.419. The molecule has 2 aliphatic rings. The lowest BCUT2D eigenvalue weighted by molar-refractivity contribution is -0.138. The number of allylic oxidation sites excluding steroid dienone is 1. The van der Waals surface area contributed by atoms with Gasteiger partial charge in [0, 0.05) is 22.4 Å². The lowest BCUT2D eigenvalue weighted by Crippen LogP contribution is -2.57. The molecule has 22 heavy (non-hydrogen) atoms. The zero-order chi connectivity index (χ0) is 16.2. The van der Waals surface area contributed by atoms with Crippen LogP contribution in [0, 0.1) is 0 Å². The highest BCUT2D eigenvalue weighted by molar-refractivity contribution is 6.13. The average molecular weight is 298 g/mol. The molecule has 0 N–H and O–H groups in total. The first-order valence-electron chi connectivity index (χ1n) is 7.77. The molecule has 4 nitrogen and oxygen atoms in total. The second-order valence-corrected chi connectivity index (χ2v) is 6.92. The molecular formula is C18H22N2O2. The molecule has 4 heteroatoms. The molecule has 0 spiro atoms. The molecule has 2 amide bonds. The second-order valence-electron chi connectivity index (χ2n) is 6.92. The van der Waals surface area contributed by atoms with Crippen molar-refractivity contribution in [3.8, 4) is 0 Å². The predicted molar refractivity (Wildman–Crippen MR) is 85.9 cm³/mol. The highest BCUT2D eigenvalue weighted by Gasteiger charge is 2.48. The minimum Gasteiger partial charge on any atom is -0.307 e. The van der Waals surface area contributed by atoms with E-state index in [0.717, 1.165) is 17.0 Å². The topological polar surface area (TPSA) is 40.6 Å². The van der Waals surface area contributed by atoms with Crippen LogP contribution in [0.1, 0.15) is 57.0 Å². The SMILES string of the molecule is CCC1C(=O)N(C(C)(C)C)C(C)=C2c3ccccc3C(=O)N21. The maximum atomic E-state index is 13.0. The van der Waals surface area contributed by atoms with Crippen molar-refractivity contribution in [1.29, 1.82) is 0 Å². The zero-order valence-electron chi connectivity index (χ0n) is 13.8. The fraction of sp³-hybridized carbons (Fsp3) is 0.444. The van der Waals surface area contributed by atoms with Crippen LogP contribution in [-0.2, 0) is 4.79 Å². The molecule has 3 rings (SSSR count). The van der Waals surface area contributed by atoms with Gasteiger partial charge in [-0.3, -0.25) is 14.5 Å². The van der Waals surface area contributed by atoms with E-state index in [1.165, 1.54) is 0 Å². The summed E-state index contributed by atoms with van der Waals surface area (Å²) in [5, 5.41) is 0. The van der Waals surface area contributed by atoms with Crippen LogP contribution in [0.4, 0.5) is 0 Å². The van der Waals surface area contributed by atoms with Crippen molar-refractivity contribution >= 4 is 17.5 Å². The van der Waals surface area contributed by atoms with E-state index < -0.39 is 6.04 Å². The third-order valence-corrected chi connectivity index (χ3v) is 4.43. The van der Waals surface area contributed by atoms with E-state index in [1.54, 1.807) is 4.90 Å². The average Bonchev–Trinajstić information content (AvgIpc) is 2.73. The van der Waals surface area contributed by atoms with Crippen molar-refractivity contribution in [1.82, 2.24) is 9.80 Å². The Morgan fingerprint density at radius 3 is 2.23 bits per heavy atom. The van der Waals surface area contributed by atoms with Crippen LogP contribution in [-0.4, -0.2) is 33.2 Å². The standard InChI is InChI=1S/C18H22N2O2/c1-6-14-17(22)20(18(3,4)5)11(2)15-12-9-7-8-10-13(12)16(21)19(14)15/h7-10,14H,6H2,1-5H3. The van der Waals surface area contributed by atoms with Crippen LogP contribution >= 0.6 is 0 Å². The smallest absolute Gasteiger partial charge is 0.259 e. The van der Waals surface area contributed by atoms with Crippen LogP contribution < -0.4 is 0 Å². The normalized spacial score (nSPS) is 21.4. The molecule has 1 aromatic rings. The summed E-state index contributed by atoms with van der Waals surface area (Å²) < 4.78 is 0. The third kappa shape index (κ3) is 1.83. The third-order valence-electron chi connectivity index (χ3n) is 4.43. The zero-order valence-corrected chi connectivity index (χ0v) is 13.8. The maximum Gasteiger partial charge on any atom is 0.259 e. The molecule has 1 atom stereocenters. The van der Waals surface area contributed by atoms with Gasteiger partial charge in [0.2, 0.25) is 5.91 Å². The van der Waals surface area contributed by atoms with Gasteiger partial charge >= 0.3 is 0 Å². The fourth-order valence-electron chi connectivity index (χ4n) is 3.63. The molecule has 0 aromatic heterocycles. The Labute approximate surface area is 131 Å². The number of carbonyl (C=O) groups excluding carboxylic acids is 2. The van der Waals surface area contributed by atoms with Gasteiger partial charge in [-0.2, -0.15) is 0 Å². The Bertz CT molecular complexity index is 697. The van der Waals surface area contributed by atoms with Gasteiger partial charge in [-0.05, 0) is 40.2 Å². The summed E-state index contributed by atoms with van der Waals surface area (Å²) in [6.45, 7) is 9.98. The van der Waals surface area contributed by atoms with Gasteiger partial charge < -0.3 is 4.90 Å². The van der Waals surface area contributed by atoms with Crippen LogP contribution in [0.5, 0.6) is 0 Å². The molecule has 1 aromatic carbocycles. The Balaban J connectivity index is 2.29. The number of hydrogen-bond donors (Lipinski definition) is 0. The first-order chi connectivity index (χ1) is 10.3. The summed E-state index contributed by atoms with van der Waals surface area (Å²) >= 11 is 0. The molecule has 0 fully saturated rings. The van der Waals surface area contributed by atoms with Crippen LogP contribution in [0.2, 0.25) is 0 Å². The second kappa shape index (κ2) is 4.70. The van der Waals surface area contributed by atoms with Crippen molar-refractivity contribution in [2.24, 2.45) is 0 Å². The quantitative estimate of drug-likeness (QED) is 0.798. The Kier molecular flexibility index (Phi) is 3.17. The Morgan fingerprint density at radius 1 is 1.09 bits per heavy atom. The summed E-state index contributed by atoms with van der Waals surface area (Å²) in [6.07, 6.45) is 0.613. The highest BCUT2D eigenvalue weighted by atomic mass is 16.2. The molecule has 2 aliphatic heterocycles. The van der Waals surface area contributed by atoms with E-state index in [2.05, 4.69) is 0 Å². The van der Waals surface area contributed by atoms with Crippen molar-refractivity contribution in [3.05, 3.63) is 41.1 Å². The van der Waals surface area contributed by atoms with Gasteiger partial charge in [-0.15, -0.1) is 0 Å². The molecule has 1 unspecified atom stereocenters. The number of rotatable bonds is 1. The van der Waals surface area contributed by atoms with Gasteiger partial charge in [0.1, 0.15) is 6.04 Å². The number of fused-ring (bicyclic) bond motifs is 3. The number of nitrogens with zero attached hydrogens (tertiary/aromatic N) is 2. The van der Waals surface area contributed by atoms with Crippen molar-refractivity contribution in [3.63, 3.8) is 0 Å². The molecule has 0 saturated carbocycles. The van der Waals surface area contributed by atoms with Gasteiger partial charge in [-0.25, -0.2) is 0 Å². The van der Waals surface area contributed by atoms with E-state index in [-0.39, 0.29) is 17.4 Å². The summed E-state index contributed by atoms with van der Waals surface area (Å²) in [4.78, 5) is 29.3. The molecule has 0 radical (unpaired) electrons. The first kappa shape index (κ1) is 14.8. The van der Waals surface area contributed by atoms with Gasteiger partial charge in [0.05, 0.1) is 5.70 Å². The number of amides is 2. The van der Waals surface area contributed by atoms with E-state index in [0.29, 0.717) is 12.0 Å². The van der Waals surface area contributed by atoms with Crippen LogP contribution in [0.25, 0.3) is 5.70 Å². The molecule has 0 saturated heterocycles. The first-order valence-corrected chi connectivity index (χ1v) is 7.77. The Morgan fingerprint density at radius 2 is 1.68 bits per heavy atom. The monoisotopic (exact) mass is 298 g/mol. The fourth-order valence-corrected chi connectivity index (χ4v) is 3.63. The number of benzene rings is 1. The van der Waals surface area contributed by atoms with Gasteiger partial charge in [-0.1, -0.05) is 25.1 Å². The predicted octanol–water partition coefficient (Wildman–Crippen LogP) is 3.25. The van der Waals surface area contributed by atoms with Crippen LogP contribution in [0.15, 0.2) is 30.0 Å². The lowest BCUT2D eigenvalue weighted by Gasteiger charge is -2.45. The molecule has 116 valence electrons. The number of hydrogen-bond acceptors (Lipinski definition) is 2. The van der Waals surface area contributed by atoms with E-state index in [4.69, 9.17) is 0 Å². The van der Waals surface area contributed by atoms with E-state index in [9.17, 15) is 9.59 Å². The summed E-state index contributed by atoms with van der Waals surface area (Å²) in [5.41, 5.74) is 3.07. The largest absolute Gasteiger partial charge is 0.307 e. The highest BCUT2D eigenvalue weighted by Crippen LogP contribution is 2.43. The maximum absolute atomic E-state index is 13.0. The van der Waals surface area contributed by atoms with E-state index >= 15 is 0 Å². The number of carbonyl (C=O) groups is 2. The molecule has 0 aliphatic carbocycles. The molecular weight excluding hydrogens is 276 g/mol. The van der Waals surface area contributed by atoms with Crippen LogP contribution in [0.3, 0.4) is 0 Å². The summed E-state index contributed by atoms with van der Waals surface area (Å²) in [7, 11) is 0. The minimum absolute atomic E-state index is 0.0115. The van der Waals surface area contributed by atoms with Gasteiger partial charge in [0.15, 0.2) is 0 Å². The Hall–Kier alpha value is -2.10. The molecule has 2 heterocycles. The van der Waals surface area contributed by atoms with E-state index in [1.807, 2.05) is 63.8 Å². The molecule has 0 bridgehead atoms. The lowest BCUT2D eigenvalue weighted by atomic mass is 9.97. The van der Waals surface area contributed by atoms with Crippen molar-refractivity contribution in [2.45, 2.75) is 52.6 Å². The summed E-state index contributed by atoms with van der Waals surface area (Å²) in [5.74, 6) is -0.0453.